The monoisotopic (exact) mass is 350 g/mol. The largest absolute Gasteiger partial charge is 0.465 e. The van der Waals surface area contributed by atoms with Gasteiger partial charge in [0.2, 0.25) is 5.09 Å². The number of furan rings is 1. The second-order valence-corrected chi connectivity index (χ2v) is 7.32. The van der Waals surface area contributed by atoms with Crippen LogP contribution >= 0.6 is 0 Å². The van der Waals surface area contributed by atoms with Crippen molar-refractivity contribution in [1.29, 1.82) is 0 Å². The maximum absolute atomic E-state index is 12.5. The number of carbonyl (C=O) groups is 1. The number of sulfonamides is 1. The zero-order valence-electron chi connectivity index (χ0n) is 13.1. The van der Waals surface area contributed by atoms with Crippen LogP contribution in [-0.4, -0.2) is 21.5 Å². The average molecular weight is 350 g/mol. The van der Waals surface area contributed by atoms with E-state index < -0.39 is 16.0 Å². The number of rotatable bonds is 4. The molecule has 7 nitrogen and oxygen atoms in total. The summed E-state index contributed by atoms with van der Waals surface area (Å²) in [4.78, 5) is 11.4. The molecule has 1 atom stereocenters. The van der Waals surface area contributed by atoms with E-state index in [1.807, 2.05) is 12.1 Å². The lowest BCUT2D eigenvalue weighted by Crippen LogP contribution is -2.31. The molecule has 0 amide bonds. The zero-order valence-corrected chi connectivity index (χ0v) is 13.9. The molecule has 0 spiro atoms. The van der Waals surface area contributed by atoms with E-state index in [9.17, 15) is 13.2 Å². The van der Waals surface area contributed by atoms with Crippen LogP contribution in [0.4, 0.5) is 5.69 Å². The number of benzene rings is 1. The molecule has 128 valence electrons. The van der Waals surface area contributed by atoms with Gasteiger partial charge in [0, 0.05) is 17.8 Å². The first kappa shape index (κ1) is 16.5. The Labute approximate surface area is 139 Å². The Kier molecular flexibility index (Phi) is 4.33. The molecule has 2 aromatic rings. The van der Waals surface area contributed by atoms with Crippen molar-refractivity contribution >= 4 is 21.7 Å². The molecule has 0 bridgehead atoms. The molecule has 3 rings (SSSR count). The topological polar surface area (TPSA) is 112 Å². The predicted molar refractivity (Wildman–Crippen MR) is 86.9 cm³/mol. The molecule has 0 radical (unpaired) electrons. The van der Waals surface area contributed by atoms with Gasteiger partial charge in [0.25, 0.3) is 10.0 Å². The van der Waals surface area contributed by atoms with Crippen molar-refractivity contribution in [2.24, 2.45) is 0 Å². The van der Waals surface area contributed by atoms with E-state index in [2.05, 4.69) is 9.46 Å². The minimum atomic E-state index is -3.89. The minimum Gasteiger partial charge on any atom is -0.465 e. The van der Waals surface area contributed by atoms with Crippen LogP contribution in [0, 0.1) is 0 Å². The summed E-state index contributed by atoms with van der Waals surface area (Å²) in [7, 11) is -2.67. The van der Waals surface area contributed by atoms with E-state index in [1.165, 1.54) is 7.11 Å². The van der Waals surface area contributed by atoms with Gasteiger partial charge in [-0.05, 0) is 42.5 Å². The van der Waals surface area contributed by atoms with Crippen LogP contribution in [0.3, 0.4) is 0 Å². The third kappa shape index (κ3) is 3.15. The molecular weight excluding hydrogens is 332 g/mol. The molecule has 8 heteroatoms. The second-order valence-electron chi connectivity index (χ2n) is 5.67. The van der Waals surface area contributed by atoms with Crippen molar-refractivity contribution in [3.05, 3.63) is 47.2 Å². The number of nitrogen functional groups attached to an aromatic ring is 1. The fourth-order valence-corrected chi connectivity index (χ4v) is 4.08. The number of hydrogen-bond acceptors (Lipinski definition) is 6. The van der Waals surface area contributed by atoms with Gasteiger partial charge in [-0.25, -0.2) is 17.9 Å². The van der Waals surface area contributed by atoms with Gasteiger partial charge in [-0.15, -0.1) is 0 Å². The van der Waals surface area contributed by atoms with Gasteiger partial charge in [0.1, 0.15) is 6.26 Å². The standard InChI is InChI=1S/C16H18N2O5S/c1-22-16(19)11-8-15(23-9-11)24(20,21)18-14-4-2-3-10-7-12(17)5-6-13(10)14/h5-9,14,18H,2-4,17H2,1H3. The maximum atomic E-state index is 12.5. The molecule has 24 heavy (non-hydrogen) atoms. The molecule has 1 aromatic carbocycles. The fraction of sp³-hybridized carbons (Fsp3) is 0.312. The quantitative estimate of drug-likeness (QED) is 0.644. The average Bonchev–Trinajstić information content (AvgIpc) is 3.04. The SMILES string of the molecule is COC(=O)c1coc(S(=O)(=O)NC2CCCc3cc(N)ccc32)c1. The summed E-state index contributed by atoms with van der Waals surface area (Å²) < 4.78 is 37.3. The smallest absolute Gasteiger partial charge is 0.341 e. The molecule has 1 unspecified atom stereocenters. The number of methoxy groups -OCH3 is 1. The Morgan fingerprint density at radius 3 is 2.92 bits per heavy atom. The Morgan fingerprint density at radius 2 is 2.17 bits per heavy atom. The Bertz CT molecular complexity index is 872. The van der Waals surface area contributed by atoms with Gasteiger partial charge in [0.05, 0.1) is 12.7 Å². The highest BCUT2D eigenvalue weighted by molar-refractivity contribution is 7.89. The van der Waals surface area contributed by atoms with E-state index >= 15 is 0 Å². The first-order chi connectivity index (χ1) is 11.4. The normalized spacial score (nSPS) is 17.3. The number of ether oxygens (including phenoxy) is 1. The summed E-state index contributed by atoms with van der Waals surface area (Å²) in [6.07, 6.45) is 3.47. The van der Waals surface area contributed by atoms with Crippen molar-refractivity contribution < 1.29 is 22.4 Å². The maximum Gasteiger partial charge on any atom is 0.341 e. The van der Waals surface area contributed by atoms with Gasteiger partial charge in [-0.3, -0.25) is 0 Å². The van der Waals surface area contributed by atoms with Crippen molar-refractivity contribution in [1.82, 2.24) is 4.72 Å². The third-order valence-corrected chi connectivity index (χ3v) is 5.38. The van der Waals surface area contributed by atoms with E-state index in [-0.39, 0.29) is 16.7 Å². The molecule has 0 saturated heterocycles. The number of nitrogens with one attached hydrogen (secondary N) is 1. The summed E-state index contributed by atoms with van der Waals surface area (Å²) in [5, 5.41) is -0.314. The van der Waals surface area contributed by atoms with E-state index in [0.717, 1.165) is 36.3 Å². The molecule has 1 aliphatic carbocycles. The number of esters is 1. The highest BCUT2D eigenvalue weighted by atomic mass is 32.2. The van der Waals surface area contributed by atoms with Crippen LogP contribution in [0.5, 0.6) is 0 Å². The van der Waals surface area contributed by atoms with Gasteiger partial charge < -0.3 is 14.9 Å². The van der Waals surface area contributed by atoms with Crippen LogP contribution < -0.4 is 10.5 Å². The lowest BCUT2D eigenvalue weighted by atomic mass is 9.88. The van der Waals surface area contributed by atoms with Crippen molar-refractivity contribution in [2.75, 3.05) is 12.8 Å². The van der Waals surface area contributed by atoms with Crippen LogP contribution in [0.1, 0.15) is 40.4 Å². The van der Waals surface area contributed by atoms with Crippen LogP contribution in [-0.2, 0) is 21.2 Å². The number of anilines is 1. The first-order valence-corrected chi connectivity index (χ1v) is 8.96. The van der Waals surface area contributed by atoms with Crippen LogP contribution in [0.25, 0.3) is 0 Å². The van der Waals surface area contributed by atoms with E-state index in [1.54, 1.807) is 6.07 Å². The first-order valence-electron chi connectivity index (χ1n) is 7.48. The van der Waals surface area contributed by atoms with Gasteiger partial charge in [0.15, 0.2) is 0 Å². The molecule has 0 saturated carbocycles. The number of aryl methyl sites for hydroxylation is 1. The fourth-order valence-electron chi connectivity index (χ4n) is 2.88. The lowest BCUT2D eigenvalue weighted by molar-refractivity contribution is 0.0600. The van der Waals surface area contributed by atoms with Crippen molar-refractivity contribution in [2.45, 2.75) is 30.4 Å². The highest BCUT2D eigenvalue weighted by Crippen LogP contribution is 2.32. The number of fused-ring (bicyclic) bond motifs is 1. The van der Waals surface area contributed by atoms with E-state index in [4.69, 9.17) is 10.2 Å². The third-order valence-electron chi connectivity index (χ3n) is 4.04. The Morgan fingerprint density at radius 1 is 1.38 bits per heavy atom. The molecule has 0 fully saturated rings. The Hall–Kier alpha value is -2.32. The summed E-state index contributed by atoms with van der Waals surface area (Å²) in [6.45, 7) is 0. The van der Waals surface area contributed by atoms with Crippen LogP contribution in [0.2, 0.25) is 0 Å². The molecule has 0 aliphatic heterocycles. The molecule has 3 N–H and O–H groups in total. The predicted octanol–water partition coefficient (Wildman–Crippen LogP) is 2.00. The summed E-state index contributed by atoms with van der Waals surface area (Å²) in [5.41, 5.74) is 8.46. The van der Waals surface area contributed by atoms with Crippen LogP contribution in [0.15, 0.2) is 40.0 Å². The molecule has 1 aromatic heterocycles. The second kappa shape index (κ2) is 6.29. The highest BCUT2D eigenvalue weighted by Gasteiger charge is 2.28. The Balaban J connectivity index is 1.86. The summed E-state index contributed by atoms with van der Waals surface area (Å²) in [6, 6.07) is 6.28. The zero-order chi connectivity index (χ0) is 17.3. The minimum absolute atomic E-state index is 0.0506. The van der Waals surface area contributed by atoms with Gasteiger partial charge >= 0.3 is 5.97 Å². The van der Waals surface area contributed by atoms with Gasteiger partial charge in [-0.1, -0.05) is 6.07 Å². The lowest BCUT2D eigenvalue weighted by Gasteiger charge is -2.26. The summed E-state index contributed by atoms with van der Waals surface area (Å²) in [5.74, 6) is -0.654. The van der Waals surface area contributed by atoms with Gasteiger partial charge in [-0.2, -0.15) is 0 Å². The number of hydrogen-bond donors (Lipinski definition) is 2. The molecule has 1 aliphatic rings. The number of nitrogens with two attached hydrogens (primary N) is 1. The van der Waals surface area contributed by atoms with Crippen molar-refractivity contribution in [3.8, 4) is 0 Å². The van der Waals surface area contributed by atoms with Crippen molar-refractivity contribution in [3.63, 3.8) is 0 Å². The molecule has 1 heterocycles. The summed E-state index contributed by atoms with van der Waals surface area (Å²) >= 11 is 0. The number of carbonyl (C=O) groups excluding carboxylic acids is 1. The molecular formula is C16H18N2O5S. The van der Waals surface area contributed by atoms with E-state index in [0.29, 0.717) is 12.1 Å².